The SMILES string of the molecule is CCOP(=O)(OCC)[C@H]1CCC2(C1)N(C)C(=O)c1c(O)c(=O)c(C(=O)NCc3ccc(F)cc3F)cn1N2C. The van der Waals surface area contributed by atoms with Crippen molar-refractivity contribution in [2.45, 2.75) is 51.0 Å². The molecule has 0 saturated heterocycles. The maximum Gasteiger partial charge on any atom is 0.333 e. The molecule has 0 bridgehead atoms. The maximum atomic E-state index is 14.0. The number of rotatable bonds is 8. The van der Waals surface area contributed by atoms with Crippen LogP contribution in [0.5, 0.6) is 5.75 Å². The average Bonchev–Trinajstić information content (AvgIpc) is 3.35. The third kappa shape index (κ3) is 4.83. The van der Waals surface area contributed by atoms with Gasteiger partial charge in [0.1, 0.15) is 22.9 Å². The smallest absolute Gasteiger partial charge is 0.333 e. The number of hydrogen-bond donors (Lipinski definition) is 2. The molecule has 14 heteroatoms. The summed E-state index contributed by atoms with van der Waals surface area (Å²) >= 11 is 0. The summed E-state index contributed by atoms with van der Waals surface area (Å²) in [7, 11) is -0.344. The highest BCUT2D eigenvalue weighted by Gasteiger charge is 2.56. The highest BCUT2D eigenvalue weighted by Crippen LogP contribution is 2.61. The zero-order valence-corrected chi connectivity index (χ0v) is 23.0. The molecule has 2 aromatic rings. The molecular weight excluding hydrogens is 537 g/mol. The van der Waals surface area contributed by atoms with E-state index in [1.54, 1.807) is 25.9 Å². The van der Waals surface area contributed by atoms with E-state index in [9.17, 15) is 32.8 Å². The standard InChI is InChI=1S/C25H31F2N4O7P/c1-5-37-39(36,38-6-2)17-9-10-25(12-17)29(3)24(35)20-22(33)21(32)18(14-31(20)30(25)4)23(34)28-13-15-7-8-16(26)11-19(15)27/h7-8,11,14,17,33H,5-6,9-10,12-13H2,1-4H3,(H,28,34)/t17-,25?/m0/s1. The lowest BCUT2D eigenvalue weighted by atomic mass is 10.0. The average molecular weight is 569 g/mol. The van der Waals surface area contributed by atoms with Crippen molar-refractivity contribution < 1.29 is 37.1 Å². The number of nitrogens with zero attached hydrogens (tertiary/aromatic N) is 3. The van der Waals surface area contributed by atoms with Gasteiger partial charge in [0.15, 0.2) is 11.4 Å². The van der Waals surface area contributed by atoms with Crippen LogP contribution in [0.1, 0.15) is 59.5 Å². The molecule has 1 saturated carbocycles. The van der Waals surface area contributed by atoms with Gasteiger partial charge in [-0.05, 0) is 32.8 Å². The molecule has 39 heavy (non-hydrogen) atoms. The number of fused-ring (bicyclic) bond motifs is 1. The molecule has 1 spiro atoms. The van der Waals surface area contributed by atoms with Crippen molar-refractivity contribution >= 4 is 19.4 Å². The van der Waals surface area contributed by atoms with Crippen LogP contribution in [0, 0.1) is 11.6 Å². The van der Waals surface area contributed by atoms with Crippen molar-refractivity contribution in [2.75, 3.05) is 32.3 Å². The minimum absolute atomic E-state index is 0.00932. The predicted molar refractivity (Wildman–Crippen MR) is 137 cm³/mol. The van der Waals surface area contributed by atoms with E-state index in [2.05, 4.69) is 5.32 Å². The van der Waals surface area contributed by atoms with Gasteiger partial charge in [-0.2, -0.15) is 0 Å². The van der Waals surface area contributed by atoms with Gasteiger partial charge >= 0.3 is 7.60 Å². The molecule has 11 nitrogen and oxygen atoms in total. The van der Waals surface area contributed by atoms with Crippen LogP contribution in [0.25, 0.3) is 0 Å². The second-order valence-electron chi connectivity index (χ2n) is 9.47. The molecule has 1 aliphatic heterocycles. The summed E-state index contributed by atoms with van der Waals surface area (Å²) in [5.74, 6) is -4.16. The Hall–Kier alpha value is -3.28. The van der Waals surface area contributed by atoms with Crippen LogP contribution in [0.3, 0.4) is 0 Å². The van der Waals surface area contributed by atoms with Gasteiger partial charge in [0.05, 0.1) is 18.9 Å². The second kappa shape index (κ2) is 10.7. The predicted octanol–water partition coefficient (Wildman–Crippen LogP) is 2.93. The molecule has 1 fully saturated rings. The summed E-state index contributed by atoms with van der Waals surface area (Å²) in [6, 6.07) is 2.86. The van der Waals surface area contributed by atoms with Gasteiger partial charge in [0.2, 0.25) is 5.43 Å². The number of pyridine rings is 1. The van der Waals surface area contributed by atoms with Crippen molar-refractivity contribution in [1.82, 2.24) is 14.9 Å². The topological polar surface area (TPSA) is 130 Å². The molecule has 2 aliphatic rings. The summed E-state index contributed by atoms with van der Waals surface area (Å²) in [6.07, 6.45) is 2.13. The first-order chi connectivity index (χ1) is 18.4. The van der Waals surface area contributed by atoms with Crippen molar-refractivity contribution in [1.29, 1.82) is 0 Å². The van der Waals surface area contributed by atoms with Crippen LogP contribution in [0.4, 0.5) is 8.78 Å². The number of carbonyl (C=O) groups is 2. The van der Waals surface area contributed by atoms with Crippen molar-refractivity contribution in [2.24, 2.45) is 0 Å². The highest BCUT2D eigenvalue weighted by atomic mass is 31.2. The van der Waals surface area contributed by atoms with Crippen molar-refractivity contribution in [3.8, 4) is 5.75 Å². The van der Waals surface area contributed by atoms with Gasteiger partial charge < -0.3 is 24.4 Å². The molecule has 1 aromatic carbocycles. The third-order valence-electron chi connectivity index (χ3n) is 7.43. The lowest BCUT2D eigenvalue weighted by Crippen LogP contribution is -2.67. The van der Waals surface area contributed by atoms with Crippen molar-refractivity contribution in [3.05, 3.63) is 63.1 Å². The number of nitrogens with one attached hydrogen (secondary N) is 1. The van der Waals surface area contributed by atoms with E-state index < -0.39 is 59.1 Å². The molecule has 2 N–H and O–H groups in total. The van der Waals surface area contributed by atoms with E-state index in [4.69, 9.17) is 9.05 Å². The number of aromatic hydroxyl groups is 1. The van der Waals surface area contributed by atoms with E-state index in [1.165, 1.54) is 16.6 Å². The fourth-order valence-corrected chi connectivity index (χ4v) is 7.52. The molecule has 1 aliphatic carbocycles. The molecule has 2 heterocycles. The first-order valence-corrected chi connectivity index (χ1v) is 14.1. The monoisotopic (exact) mass is 568 g/mol. The summed E-state index contributed by atoms with van der Waals surface area (Å²) in [5.41, 5.74) is -3.45. The zero-order chi connectivity index (χ0) is 28.7. The summed E-state index contributed by atoms with van der Waals surface area (Å²) in [6.45, 7) is 3.45. The Morgan fingerprint density at radius 1 is 1.21 bits per heavy atom. The number of halogens is 2. The Balaban J connectivity index is 1.68. The zero-order valence-electron chi connectivity index (χ0n) is 22.1. The maximum absolute atomic E-state index is 14.0. The third-order valence-corrected chi connectivity index (χ3v) is 10.00. The Morgan fingerprint density at radius 2 is 1.87 bits per heavy atom. The second-order valence-corrected chi connectivity index (χ2v) is 11.8. The number of benzene rings is 1. The number of carbonyl (C=O) groups excluding carboxylic acids is 2. The number of amides is 2. The first kappa shape index (κ1) is 28.7. The molecule has 212 valence electrons. The van der Waals surface area contributed by atoms with Gasteiger partial charge in [-0.25, -0.2) is 8.78 Å². The summed E-state index contributed by atoms with van der Waals surface area (Å²) in [4.78, 5) is 40.7. The Kier molecular flexibility index (Phi) is 7.89. The molecule has 1 unspecified atom stereocenters. The van der Waals surface area contributed by atoms with Crippen LogP contribution in [-0.2, 0) is 20.2 Å². The van der Waals surface area contributed by atoms with Crippen LogP contribution in [0.2, 0.25) is 0 Å². The van der Waals surface area contributed by atoms with Gasteiger partial charge in [-0.3, -0.25) is 28.6 Å². The van der Waals surface area contributed by atoms with Gasteiger partial charge in [-0.1, -0.05) is 6.07 Å². The fraction of sp³-hybridized carbons (Fsp3) is 0.480. The van der Waals surface area contributed by atoms with E-state index in [0.29, 0.717) is 18.9 Å². The molecule has 2 atom stereocenters. The Labute approximate surface area is 223 Å². The minimum Gasteiger partial charge on any atom is -0.502 e. The van der Waals surface area contributed by atoms with E-state index in [-0.39, 0.29) is 37.4 Å². The molecule has 1 aromatic heterocycles. The highest BCUT2D eigenvalue weighted by molar-refractivity contribution is 7.54. The summed E-state index contributed by atoms with van der Waals surface area (Å²) < 4.78 is 53.0. The first-order valence-electron chi connectivity index (χ1n) is 12.5. The Morgan fingerprint density at radius 3 is 2.49 bits per heavy atom. The van der Waals surface area contributed by atoms with E-state index in [0.717, 1.165) is 18.3 Å². The lowest BCUT2D eigenvalue weighted by Gasteiger charge is -2.51. The van der Waals surface area contributed by atoms with Crippen LogP contribution in [0.15, 0.2) is 29.2 Å². The Bertz CT molecular complexity index is 1410. The van der Waals surface area contributed by atoms with Gasteiger partial charge in [-0.15, -0.1) is 0 Å². The van der Waals surface area contributed by atoms with Crippen LogP contribution in [-0.4, -0.2) is 65.1 Å². The molecular formula is C25H31F2N4O7P. The van der Waals surface area contributed by atoms with Crippen LogP contribution < -0.4 is 15.8 Å². The number of hydrogen-bond acceptors (Lipinski definition) is 8. The van der Waals surface area contributed by atoms with Gasteiger partial charge in [0.25, 0.3) is 11.8 Å². The summed E-state index contributed by atoms with van der Waals surface area (Å²) in [5, 5.41) is 14.7. The molecule has 0 radical (unpaired) electrons. The van der Waals surface area contributed by atoms with E-state index in [1.807, 2.05) is 0 Å². The van der Waals surface area contributed by atoms with Gasteiger partial charge in [0, 0.05) is 44.9 Å². The van der Waals surface area contributed by atoms with Crippen molar-refractivity contribution in [3.63, 3.8) is 0 Å². The van der Waals surface area contributed by atoms with E-state index >= 15 is 0 Å². The van der Waals surface area contributed by atoms with Crippen LogP contribution >= 0.6 is 7.60 Å². The normalized spacial score (nSPS) is 21.0. The molecule has 2 amide bonds. The lowest BCUT2D eigenvalue weighted by molar-refractivity contribution is 0.0401. The largest absolute Gasteiger partial charge is 0.502 e. The quantitative estimate of drug-likeness (QED) is 0.465. The minimum atomic E-state index is -3.50. The molecule has 4 rings (SSSR count). The number of aromatic nitrogens is 1. The fourth-order valence-electron chi connectivity index (χ4n) is 5.34.